The molecule has 0 saturated heterocycles. The van der Waals surface area contributed by atoms with Crippen LogP contribution in [0.5, 0.6) is 0 Å². The third-order valence-electron chi connectivity index (χ3n) is 2.23. The Kier molecular flexibility index (Phi) is 4.35. The van der Waals surface area contributed by atoms with Crippen LogP contribution in [0.3, 0.4) is 0 Å². The summed E-state index contributed by atoms with van der Waals surface area (Å²) >= 11 is 1.23. The fraction of sp³-hybridized carbons (Fsp3) is 0.636. The van der Waals surface area contributed by atoms with Gasteiger partial charge in [0.1, 0.15) is 4.21 Å². The minimum absolute atomic E-state index is 0.0597. The van der Waals surface area contributed by atoms with E-state index in [0.29, 0.717) is 17.3 Å². The summed E-state index contributed by atoms with van der Waals surface area (Å²) in [5, 5.41) is 1.79. The summed E-state index contributed by atoms with van der Waals surface area (Å²) in [6, 6.07) is 1.65. The number of sulfonamides is 1. The Morgan fingerprint density at radius 2 is 2.00 bits per heavy atom. The maximum absolute atomic E-state index is 12.2. The van der Waals surface area contributed by atoms with Crippen LogP contribution in [0.4, 0.5) is 0 Å². The molecule has 0 aromatic carbocycles. The van der Waals surface area contributed by atoms with E-state index in [1.807, 2.05) is 20.8 Å². The Morgan fingerprint density at radius 3 is 2.41 bits per heavy atom. The van der Waals surface area contributed by atoms with Crippen molar-refractivity contribution in [3.05, 3.63) is 17.0 Å². The van der Waals surface area contributed by atoms with Crippen molar-refractivity contribution < 1.29 is 8.42 Å². The van der Waals surface area contributed by atoms with Crippen molar-refractivity contribution in [2.24, 2.45) is 11.1 Å². The number of thiophene rings is 1. The zero-order chi connectivity index (χ0) is 13.3. The molecule has 2 N–H and O–H groups in total. The number of nitrogens with zero attached hydrogens (tertiary/aromatic N) is 1. The molecule has 6 heteroatoms. The second-order valence-corrected chi connectivity index (χ2v) is 8.48. The van der Waals surface area contributed by atoms with Crippen molar-refractivity contribution in [3.8, 4) is 0 Å². The average Bonchev–Trinajstić information content (AvgIpc) is 2.63. The normalized spacial score (nSPS) is 13.3. The van der Waals surface area contributed by atoms with Crippen molar-refractivity contribution >= 4 is 21.4 Å². The van der Waals surface area contributed by atoms with Gasteiger partial charge in [0, 0.05) is 20.1 Å². The number of hydrogen-bond donors (Lipinski definition) is 1. The van der Waals surface area contributed by atoms with Gasteiger partial charge in [-0.25, -0.2) is 8.42 Å². The molecule has 0 amide bonds. The predicted molar refractivity (Wildman–Crippen MR) is 71.5 cm³/mol. The molecule has 98 valence electrons. The third-order valence-corrected chi connectivity index (χ3v) is 5.49. The molecule has 0 fully saturated rings. The van der Waals surface area contributed by atoms with Gasteiger partial charge >= 0.3 is 0 Å². The number of hydrogen-bond acceptors (Lipinski definition) is 4. The van der Waals surface area contributed by atoms with Crippen LogP contribution in [0.1, 0.15) is 26.3 Å². The first-order valence-corrected chi connectivity index (χ1v) is 7.72. The third kappa shape index (κ3) is 3.77. The van der Waals surface area contributed by atoms with Crippen LogP contribution in [0.25, 0.3) is 0 Å². The summed E-state index contributed by atoms with van der Waals surface area (Å²) < 4.78 is 26.2. The molecule has 0 radical (unpaired) electrons. The van der Waals surface area contributed by atoms with Crippen molar-refractivity contribution in [3.63, 3.8) is 0 Å². The van der Waals surface area contributed by atoms with Crippen molar-refractivity contribution in [2.75, 3.05) is 13.6 Å². The molecule has 1 aromatic heterocycles. The van der Waals surface area contributed by atoms with Crippen LogP contribution in [0.2, 0.25) is 0 Å². The first-order valence-electron chi connectivity index (χ1n) is 5.40. The Bertz CT molecular complexity index is 472. The Balaban J connectivity index is 2.95. The first kappa shape index (κ1) is 14.6. The molecule has 4 nitrogen and oxygen atoms in total. The van der Waals surface area contributed by atoms with Crippen LogP contribution in [-0.4, -0.2) is 26.3 Å². The van der Waals surface area contributed by atoms with Crippen molar-refractivity contribution in [2.45, 2.75) is 31.5 Å². The van der Waals surface area contributed by atoms with E-state index in [9.17, 15) is 8.42 Å². The van der Waals surface area contributed by atoms with Crippen LogP contribution in [0.15, 0.2) is 15.7 Å². The van der Waals surface area contributed by atoms with E-state index in [4.69, 9.17) is 5.73 Å². The topological polar surface area (TPSA) is 63.4 Å². The molecule has 0 aliphatic rings. The molecule has 1 aromatic rings. The zero-order valence-corrected chi connectivity index (χ0v) is 12.4. The van der Waals surface area contributed by atoms with Gasteiger partial charge in [0.05, 0.1) is 0 Å². The van der Waals surface area contributed by atoms with Crippen LogP contribution < -0.4 is 5.73 Å². The van der Waals surface area contributed by atoms with Gasteiger partial charge in [0.2, 0.25) is 0 Å². The highest BCUT2D eigenvalue weighted by atomic mass is 32.2. The maximum Gasteiger partial charge on any atom is 0.252 e. The smallest absolute Gasteiger partial charge is 0.252 e. The fourth-order valence-electron chi connectivity index (χ4n) is 1.50. The van der Waals surface area contributed by atoms with E-state index in [0.717, 1.165) is 5.56 Å². The number of nitrogens with two attached hydrogens (primary N) is 1. The zero-order valence-electron chi connectivity index (χ0n) is 10.7. The monoisotopic (exact) mass is 276 g/mol. The van der Waals surface area contributed by atoms with Gasteiger partial charge < -0.3 is 5.73 Å². The summed E-state index contributed by atoms with van der Waals surface area (Å²) in [4.78, 5) is 0. The van der Waals surface area contributed by atoms with Gasteiger partial charge in [-0.3, -0.25) is 0 Å². The van der Waals surface area contributed by atoms with E-state index in [2.05, 4.69) is 0 Å². The second kappa shape index (κ2) is 5.06. The Hall–Kier alpha value is -0.430. The van der Waals surface area contributed by atoms with Gasteiger partial charge in [-0.15, -0.1) is 11.3 Å². The average molecular weight is 276 g/mol. The van der Waals surface area contributed by atoms with Crippen LogP contribution in [0, 0.1) is 5.41 Å². The molecule has 0 unspecified atom stereocenters. The second-order valence-electron chi connectivity index (χ2n) is 5.30. The lowest BCUT2D eigenvalue weighted by molar-refractivity contribution is 0.311. The van der Waals surface area contributed by atoms with Crippen molar-refractivity contribution in [1.29, 1.82) is 0 Å². The van der Waals surface area contributed by atoms with Gasteiger partial charge in [-0.1, -0.05) is 20.8 Å². The summed E-state index contributed by atoms with van der Waals surface area (Å²) in [6.07, 6.45) is 0. The van der Waals surface area contributed by atoms with E-state index in [1.165, 1.54) is 15.6 Å². The molecular weight excluding hydrogens is 256 g/mol. The minimum atomic E-state index is -3.37. The lowest BCUT2D eigenvalue weighted by Gasteiger charge is -2.25. The quantitative estimate of drug-likeness (QED) is 0.913. The molecule has 1 rings (SSSR count). The lowest BCUT2D eigenvalue weighted by atomic mass is 9.97. The molecule has 17 heavy (non-hydrogen) atoms. The predicted octanol–water partition coefficient (Wildman–Crippen LogP) is 1.87. The molecule has 0 aliphatic heterocycles. The molecule has 0 saturated carbocycles. The molecule has 1 heterocycles. The van der Waals surface area contributed by atoms with Gasteiger partial charge in [0.25, 0.3) is 10.0 Å². The highest BCUT2D eigenvalue weighted by Crippen LogP contribution is 2.25. The van der Waals surface area contributed by atoms with E-state index in [-0.39, 0.29) is 5.41 Å². The van der Waals surface area contributed by atoms with E-state index in [1.54, 1.807) is 18.5 Å². The van der Waals surface area contributed by atoms with E-state index < -0.39 is 10.0 Å². The highest BCUT2D eigenvalue weighted by Gasteiger charge is 2.26. The summed E-state index contributed by atoms with van der Waals surface area (Å²) in [7, 11) is -1.75. The lowest BCUT2D eigenvalue weighted by Crippen LogP contribution is -2.34. The standard InChI is InChI=1S/C11H20N2O2S2/c1-11(2,3)8-13(4)17(14,15)10-5-9(6-12)7-16-10/h5,7H,6,8,12H2,1-4H3. The summed E-state index contributed by atoms with van der Waals surface area (Å²) in [6.45, 7) is 6.90. The highest BCUT2D eigenvalue weighted by molar-refractivity contribution is 7.91. The van der Waals surface area contributed by atoms with Crippen molar-refractivity contribution in [1.82, 2.24) is 4.31 Å². The summed E-state index contributed by atoms with van der Waals surface area (Å²) in [5.74, 6) is 0. The molecular formula is C11H20N2O2S2. The largest absolute Gasteiger partial charge is 0.326 e. The number of rotatable bonds is 4. The molecule has 0 spiro atoms. The fourth-order valence-corrected chi connectivity index (χ4v) is 4.33. The van der Waals surface area contributed by atoms with Gasteiger partial charge in [-0.2, -0.15) is 4.31 Å². The maximum atomic E-state index is 12.2. The first-order chi connectivity index (χ1) is 7.66. The van der Waals surface area contributed by atoms with E-state index >= 15 is 0 Å². The molecule has 0 atom stereocenters. The molecule has 0 bridgehead atoms. The van der Waals surface area contributed by atoms with Crippen LogP contribution >= 0.6 is 11.3 Å². The molecule has 0 aliphatic carbocycles. The SMILES string of the molecule is CN(CC(C)(C)C)S(=O)(=O)c1cc(CN)cs1. The van der Waals surface area contributed by atoms with Crippen LogP contribution in [-0.2, 0) is 16.6 Å². The Labute approximate surface area is 107 Å². The van der Waals surface area contributed by atoms with Gasteiger partial charge in [-0.05, 0) is 22.4 Å². The van der Waals surface area contributed by atoms with Gasteiger partial charge in [0.15, 0.2) is 0 Å². The minimum Gasteiger partial charge on any atom is -0.326 e. The Morgan fingerprint density at radius 1 is 1.41 bits per heavy atom. The summed E-state index contributed by atoms with van der Waals surface area (Å²) in [5.41, 5.74) is 6.28.